The first-order valence-electron chi connectivity index (χ1n) is 23.6. The average molecular weight is 1030 g/mol. The summed E-state index contributed by atoms with van der Waals surface area (Å²) >= 11 is 3.69. The Balaban J connectivity index is 0.899. The minimum Gasteiger partial charge on any atom is -0.492 e. The third-order valence-electron chi connectivity index (χ3n) is 12.7. The number of hydrogen-bond donors (Lipinski definition) is 6. The Morgan fingerprint density at radius 1 is 0.900 bits per heavy atom. The van der Waals surface area contributed by atoms with Crippen molar-refractivity contribution < 1.29 is 43.0 Å². The van der Waals surface area contributed by atoms with E-state index in [4.69, 9.17) is 19.9 Å². The molecule has 0 spiro atoms. The number of aromatic nitrogens is 1. The number of carbonyl (C=O) groups excluding carboxylic acids is 6. The molecule has 2 aliphatic rings. The molecule has 70 heavy (non-hydrogen) atoms. The fourth-order valence-corrected chi connectivity index (χ4v) is 9.53. The minimum absolute atomic E-state index is 0.0115. The quantitative estimate of drug-likeness (QED) is 0.0354. The third kappa shape index (κ3) is 12.7. The van der Waals surface area contributed by atoms with Crippen LogP contribution in [0.1, 0.15) is 60.6 Å². The van der Waals surface area contributed by atoms with E-state index in [1.165, 1.54) is 0 Å². The maximum Gasteiger partial charge on any atom is 0.415 e. The Labute approximate surface area is 415 Å². The Morgan fingerprint density at radius 2 is 1.64 bits per heavy atom. The molecule has 0 radical (unpaired) electrons. The number of alkyl halides is 1. The molecule has 6 amide bonds. The molecule has 7 rings (SSSR count). The van der Waals surface area contributed by atoms with Gasteiger partial charge in [-0.25, -0.2) is 14.4 Å². The van der Waals surface area contributed by atoms with E-state index in [0.29, 0.717) is 71.9 Å². The second-order valence-electron chi connectivity index (χ2n) is 18.1. The summed E-state index contributed by atoms with van der Waals surface area (Å²) in [6, 6.07) is 22.7. The van der Waals surface area contributed by atoms with E-state index in [1.54, 1.807) is 53.2 Å². The van der Waals surface area contributed by atoms with E-state index in [0.717, 1.165) is 40.3 Å². The van der Waals surface area contributed by atoms with Crippen molar-refractivity contribution in [2.24, 2.45) is 17.6 Å². The Hall–Kier alpha value is -6.70. The summed E-state index contributed by atoms with van der Waals surface area (Å²) in [6.45, 7) is 7.59. The maximum atomic E-state index is 14.3. The first-order chi connectivity index (χ1) is 33.7. The number of hydrogen-bond acceptors (Lipinski definition) is 11. The van der Waals surface area contributed by atoms with E-state index in [9.17, 15) is 28.8 Å². The molecule has 4 aromatic carbocycles. The van der Waals surface area contributed by atoms with Crippen molar-refractivity contribution >= 4 is 84.8 Å². The molecule has 0 aliphatic carbocycles. The van der Waals surface area contributed by atoms with Crippen LogP contribution in [0.25, 0.3) is 21.7 Å². The number of piperazine rings is 1. The van der Waals surface area contributed by atoms with Gasteiger partial charge in [0.2, 0.25) is 5.91 Å². The lowest BCUT2D eigenvalue weighted by atomic mass is 9.89. The van der Waals surface area contributed by atoms with Crippen LogP contribution in [0.2, 0.25) is 0 Å². The van der Waals surface area contributed by atoms with Gasteiger partial charge in [-0.15, -0.1) is 0 Å². The fourth-order valence-electron chi connectivity index (χ4n) is 9.00. The number of nitrogens with zero attached hydrogens (tertiary/aromatic N) is 3. The zero-order valence-electron chi connectivity index (χ0n) is 40.0. The molecule has 5 aromatic rings. The number of ketones is 1. The predicted molar refractivity (Wildman–Crippen MR) is 272 cm³/mol. The van der Waals surface area contributed by atoms with Gasteiger partial charge in [0.15, 0.2) is 5.78 Å². The van der Waals surface area contributed by atoms with Gasteiger partial charge in [-0.2, -0.15) is 0 Å². The SMILES string of the molecule is CN[C@H](C(=O)C[C@@H](CCCNC(N)=O)C(=O)Nc1ccc(COC(=O)NCCOc2ccc3[nH]c(C(=O)N4C[C@@H](CBr)c5c4cc(OC(=O)N4CCN(C)CC4)c4ccccc54)cc3c2)cc1)C(C)C. The summed E-state index contributed by atoms with van der Waals surface area (Å²) in [5, 5.41) is 14.3. The van der Waals surface area contributed by atoms with Crippen LogP contribution in [0.4, 0.5) is 25.8 Å². The zero-order valence-corrected chi connectivity index (χ0v) is 41.6. The van der Waals surface area contributed by atoms with E-state index in [1.807, 2.05) is 63.4 Å². The highest BCUT2D eigenvalue weighted by molar-refractivity contribution is 9.09. The number of halogens is 1. The summed E-state index contributed by atoms with van der Waals surface area (Å²) in [4.78, 5) is 86.6. The van der Waals surface area contributed by atoms with Crippen molar-refractivity contribution in [1.82, 2.24) is 30.7 Å². The Kier molecular flexibility index (Phi) is 17.4. The summed E-state index contributed by atoms with van der Waals surface area (Å²) in [5.74, 6) is -0.202. The van der Waals surface area contributed by atoms with E-state index >= 15 is 0 Å². The number of benzene rings is 4. The number of likely N-dealkylation sites (N-methyl/N-ethyl adjacent to an activating group) is 2. The maximum absolute atomic E-state index is 14.3. The highest BCUT2D eigenvalue weighted by Gasteiger charge is 2.36. The van der Waals surface area contributed by atoms with Gasteiger partial charge in [0, 0.05) is 90.9 Å². The molecule has 0 saturated carbocycles. The second-order valence-corrected chi connectivity index (χ2v) is 18.7. The Morgan fingerprint density at radius 3 is 2.34 bits per heavy atom. The van der Waals surface area contributed by atoms with Crippen molar-refractivity contribution in [3.05, 3.63) is 95.7 Å². The highest BCUT2D eigenvalue weighted by atomic mass is 79.9. The monoisotopic (exact) mass is 1020 g/mol. The lowest BCUT2D eigenvalue weighted by Crippen LogP contribution is -2.48. The lowest BCUT2D eigenvalue weighted by molar-refractivity contribution is -0.128. The molecule has 1 aromatic heterocycles. The van der Waals surface area contributed by atoms with Crippen LogP contribution in [0, 0.1) is 11.8 Å². The third-order valence-corrected chi connectivity index (χ3v) is 13.5. The lowest BCUT2D eigenvalue weighted by Gasteiger charge is -2.31. The average Bonchev–Trinajstić information content (AvgIpc) is 3.95. The smallest absolute Gasteiger partial charge is 0.415 e. The summed E-state index contributed by atoms with van der Waals surface area (Å²) in [6.07, 6.45) is -0.166. The number of urea groups is 1. The number of nitrogens with one attached hydrogen (secondary N) is 5. The van der Waals surface area contributed by atoms with Crippen molar-refractivity contribution in [2.45, 2.75) is 51.7 Å². The van der Waals surface area contributed by atoms with Gasteiger partial charge >= 0.3 is 18.2 Å². The standard InChI is InChI=1S/C51H62BrN9O9/c1-31(2)46(54-3)43(62)26-33(8-7-17-55-49(53)65)47(63)57-36-13-11-32(12-14-36)30-69-50(66)56-18-23-68-37-15-16-40-34(24-37)25-41(58-40)48(64)61-29-35(28-52)45-39-10-6-5-9-38(39)44(27-42(45)61)70-51(67)60-21-19-59(4)20-22-60/h5-6,9-16,24-25,27,31,33,35,46,54,58H,7-8,17-23,26,28-30H2,1-4H3,(H,56,66)(H,57,63)(H3,53,55,65)/t33-,35-,46+/m1/s1. The molecular formula is C51H62BrN9O9. The number of carbonyl (C=O) groups is 6. The van der Waals surface area contributed by atoms with Crippen molar-refractivity contribution in [3.8, 4) is 11.5 Å². The molecule has 18 nitrogen and oxygen atoms in total. The normalized spacial score (nSPS) is 15.6. The molecule has 2 aliphatic heterocycles. The number of alkyl carbamates (subject to hydrolysis) is 1. The first kappa shape index (κ1) is 51.2. The van der Waals surface area contributed by atoms with Crippen molar-refractivity contribution in [1.29, 1.82) is 0 Å². The predicted octanol–water partition coefficient (Wildman–Crippen LogP) is 6.72. The van der Waals surface area contributed by atoms with Crippen LogP contribution in [-0.4, -0.2) is 128 Å². The molecule has 19 heteroatoms. The second kappa shape index (κ2) is 23.7. The molecule has 0 unspecified atom stereocenters. The van der Waals surface area contributed by atoms with Crippen molar-refractivity contribution in [3.63, 3.8) is 0 Å². The number of aromatic amines is 1. The van der Waals surface area contributed by atoms with E-state index < -0.39 is 30.2 Å². The molecule has 7 N–H and O–H groups in total. The number of primary amides is 1. The van der Waals surface area contributed by atoms with Crippen molar-refractivity contribution in [2.75, 3.05) is 82.1 Å². The molecule has 1 fully saturated rings. The molecule has 372 valence electrons. The minimum atomic E-state index is -0.652. The summed E-state index contributed by atoms with van der Waals surface area (Å²) < 4.78 is 17.4. The van der Waals surface area contributed by atoms with Gasteiger partial charge in [0.1, 0.15) is 30.4 Å². The molecule has 3 atom stereocenters. The number of Topliss-reactive ketones (excluding diaryl/α,β-unsaturated/α-hetero) is 1. The largest absolute Gasteiger partial charge is 0.492 e. The fraction of sp³-hybridized carbons (Fsp3) is 0.412. The van der Waals surface area contributed by atoms with Crippen LogP contribution >= 0.6 is 15.9 Å². The van der Waals surface area contributed by atoms with Crippen LogP contribution in [-0.2, 0) is 20.9 Å². The van der Waals surface area contributed by atoms with Crippen LogP contribution in [0.15, 0.2) is 78.9 Å². The summed E-state index contributed by atoms with van der Waals surface area (Å²) in [7, 11) is 3.75. The number of rotatable bonds is 20. The van der Waals surface area contributed by atoms with Gasteiger partial charge in [0.05, 0.1) is 18.3 Å². The van der Waals surface area contributed by atoms with Crippen LogP contribution < -0.4 is 41.4 Å². The van der Waals surface area contributed by atoms with Crippen LogP contribution in [0.3, 0.4) is 0 Å². The number of anilines is 2. The zero-order chi connectivity index (χ0) is 49.9. The topological polar surface area (TPSA) is 230 Å². The molecule has 1 saturated heterocycles. The van der Waals surface area contributed by atoms with E-state index in [2.05, 4.69) is 47.1 Å². The molecule has 3 heterocycles. The van der Waals surface area contributed by atoms with Gasteiger partial charge in [-0.3, -0.25) is 14.4 Å². The van der Waals surface area contributed by atoms with E-state index in [-0.39, 0.29) is 62.2 Å². The molecular weight excluding hydrogens is 963 g/mol. The first-order valence-corrected chi connectivity index (χ1v) is 24.7. The van der Waals surface area contributed by atoms with Gasteiger partial charge < -0.3 is 60.9 Å². The molecule has 0 bridgehead atoms. The Bertz CT molecular complexity index is 2690. The van der Waals surface area contributed by atoms with Gasteiger partial charge in [0.25, 0.3) is 5.91 Å². The number of H-pyrrole nitrogens is 1. The number of amides is 6. The summed E-state index contributed by atoms with van der Waals surface area (Å²) in [5.41, 5.74) is 9.25. The number of nitrogens with two attached hydrogens (primary N) is 1. The highest BCUT2D eigenvalue weighted by Crippen LogP contribution is 2.46. The number of fused-ring (bicyclic) bond motifs is 4. The van der Waals surface area contributed by atoms with Gasteiger partial charge in [-0.1, -0.05) is 66.2 Å². The van der Waals surface area contributed by atoms with Crippen LogP contribution in [0.5, 0.6) is 11.5 Å². The number of ether oxygens (including phenoxy) is 3. The van der Waals surface area contributed by atoms with Gasteiger partial charge in [-0.05, 0) is 85.8 Å².